The smallest absolute Gasteiger partial charge is 0.119 e. The summed E-state index contributed by atoms with van der Waals surface area (Å²) in [4.78, 5) is 4.65. The fraction of sp³-hybridized carbons (Fsp3) is 0.500. The molecule has 3 heteroatoms. The number of hydrogen-bond donors (Lipinski definition) is 1. The molecule has 0 aromatic heterocycles. The second kappa shape index (κ2) is 11.1. The van der Waals surface area contributed by atoms with Gasteiger partial charge in [0.05, 0.1) is 6.61 Å². The second-order valence-corrected chi connectivity index (χ2v) is 7.73. The first-order valence-corrected chi connectivity index (χ1v) is 10.5. The highest BCUT2D eigenvalue weighted by atomic mass is 16.6. The summed E-state index contributed by atoms with van der Waals surface area (Å²) >= 11 is 0. The van der Waals surface area contributed by atoms with E-state index in [4.69, 9.17) is 10.6 Å². The van der Waals surface area contributed by atoms with E-state index in [0.29, 0.717) is 13.2 Å². The van der Waals surface area contributed by atoms with Gasteiger partial charge < -0.3 is 4.74 Å². The van der Waals surface area contributed by atoms with Gasteiger partial charge in [0, 0.05) is 0 Å². The van der Waals surface area contributed by atoms with Crippen LogP contribution in [0.4, 0.5) is 0 Å². The Morgan fingerprint density at radius 2 is 1.19 bits per heavy atom. The predicted molar refractivity (Wildman–Crippen MR) is 110 cm³/mol. The van der Waals surface area contributed by atoms with Crippen LogP contribution in [0, 0.1) is 0 Å². The second-order valence-electron chi connectivity index (χ2n) is 7.73. The van der Waals surface area contributed by atoms with Crippen LogP contribution in [0.15, 0.2) is 48.5 Å². The molecule has 3 rings (SSSR count). The fourth-order valence-electron chi connectivity index (χ4n) is 3.97. The largest absolute Gasteiger partial charge is 0.489 e. The molecule has 2 N–H and O–H groups in total. The van der Waals surface area contributed by atoms with Crippen LogP contribution in [0.3, 0.4) is 0 Å². The van der Waals surface area contributed by atoms with Crippen LogP contribution in [0.2, 0.25) is 0 Å². The van der Waals surface area contributed by atoms with Gasteiger partial charge in [0.15, 0.2) is 0 Å². The zero-order valence-electron chi connectivity index (χ0n) is 16.4. The van der Waals surface area contributed by atoms with Crippen LogP contribution >= 0.6 is 0 Å². The number of rotatable bonds is 6. The molecule has 0 unspecified atom stereocenters. The van der Waals surface area contributed by atoms with Crippen molar-refractivity contribution in [2.45, 2.75) is 76.9 Å². The third kappa shape index (κ3) is 6.67. The van der Waals surface area contributed by atoms with E-state index >= 15 is 0 Å². The Hall–Kier alpha value is -1.84. The maximum absolute atomic E-state index is 5.91. The summed E-state index contributed by atoms with van der Waals surface area (Å²) in [5.41, 5.74) is 3.76. The Morgan fingerprint density at radius 1 is 0.667 bits per heavy atom. The van der Waals surface area contributed by atoms with E-state index in [1.165, 1.54) is 68.9 Å². The molecule has 2 aromatic rings. The molecule has 3 nitrogen and oxygen atoms in total. The summed E-state index contributed by atoms with van der Waals surface area (Å²) in [6.07, 6.45) is 12.5. The summed E-state index contributed by atoms with van der Waals surface area (Å²) in [6, 6.07) is 17.0. The standard InChI is InChI=1S/C24H33NO2/c25-27-19-21-12-16-24(17-13-21)26-18-20-10-14-23(15-11-20)22-8-6-4-2-1-3-5-7-9-22/h10-17,22H,1-9,18-19,25H2. The Kier molecular flexibility index (Phi) is 8.19. The van der Waals surface area contributed by atoms with E-state index in [9.17, 15) is 0 Å². The number of ether oxygens (including phenoxy) is 1. The van der Waals surface area contributed by atoms with E-state index in [1.54, 1.807) is 0 Å². The van der Waals surface area contributed by atoms with Gasteiger partial charge in [0.1, 0.15) is 12.4 Å². The van der Waals surface area contributed by atoms with Crippen molar-refractivity contribution in [1.82, 2.24) is 0 Å². The van der Waals surface area contributed by atoms with Crippen molar-refractivity contribution in [3.8, 4) is 5.75 Å². The van der Waals surface area contributed by atoms with Gasteiger partial charge in [-0.05, 0) is 47.6 Å². The van der Waals surface area contributed by atoms with Crippen molar-refractivity contribution in [2.75, 3.05) is 0 Å². The lowest BCUT2D eigenvalue weighted by molar-refractivity contribution is 0.124. The highest BCUT2D eigenvalue weighted by Crippen LogP contribution is 2.30. The van der Waals surface area contributed by atoms with Crippen molar-refractivity contribution in [2.24, 2.45) is 5.90 Å². The van der Waals surface area contributed by atoms with Gasteiger partial charge in [-0.15, -0.1) is 0 Å². The fourth-order valence-corrected chi connectivity index (χ4v) is 3.97. The Balaban J connectivity index is 1.52. The molecule has 0 atom stereocenters. The first kappa shape index (κ1) is 19.9. The van der Waals surface area contributed by atoms with Gasteiger partial charge in [-0.25, -0.2) is 5.90 Å². The highest BCUT2D eigenvalue weighted by molar-refractivity contribution is 5.28. The summed E-state index contributed by atoms with van der Waals surface area (Å²) in [7, 11) is 0. The van der Waals surface area contributed by atoms with Gasteiger partial charge in [-0.2, -0.15) is 0 Å². The minimum absolute atomic E-state index is 0.420. The van der Waals surface area contributed by atoms with Crippen LogP contribution in [-0.2, 0) is 18.1 Å². The van der Waals surface area contributed by atoms with E-state index in [0.717, 1.165) is 17.2 Å². The molecule has 0 spiro atoms. The van der Waals surface area contributed by atoms with Gasteiger partial charge in [-0.1, -0.05) is 81.3 Å². The molecular weight excluding hydrogens is 334 g/mol. The maximum atomic E-state index is 5.91. The molecule has 2 aromatic carbocycles. The average Bonchev–Trinajstić information content (AvgIpc) is 2.72. The molecule has 0 saturated heterocycles. The maximum Gasteiger partial charge on any atom is 0.119 e. The number of nitrogens with two attached hydrogens (primary N) is 1. The van der Waals surface area contributed by atoms with Crippen LogP contribution in [0.1, 0.15) is 80.4 Å². The summed E-state index contributed by atoms with van der Waals surface area (Å²) in [6.45, 7) is 1.01. The average molecular weight is 368 g/mol. The molecule has 0 aliphatic heterocycles. The lowest BCUT2D eigenvalue weighted by atomic mass is 9.87. The van der Waals surface area contributed by atoms with Crippen LogP contribution in [0.5, 0.6) is 5.75 Å². The normalized spacial score (nSPS) is 16.8. The summed E-state index contributed by atoms with van der Waals surface area (Å²) in [5, 5.41) is 0. The zero-order chi connectivity index (χ0) is 18.7. The van der Waals surface area contributed by atoms with E-state index in [1.807, 2.05) is 24.3 Å². The zero-order valence-corrected chi connectivity index (χ0v) is 16.4. The summed E-state index contributed by atoms with van der Waals surface area (Å²) in [5.74, 6) is 6.70. The van der Waals surface area contributed by atoms with Crippen molar-refractivity contribution >= 4 is 0 Å². The first-order chi connectivity index (χ1) is 13.3. The van der Waals surface area contributed by atoms with Gasteiger partial charge in [0.2, 0.25) is 0 Å². The SMILES string of the molecule is NOCc1ccc(OCc2ccc(C3CCCCCCCCC3)cc2)cc1. The number of benzene rings is 2. The topological polar surface area (TPSA) is 44.5 Å². The highest BCUT2D eigenvalue weighted by Gasteiger charge is 2.12. The first-order valence-electron chi connectivity index (χ1n) is 10.5. The van der Waals surface area contributed by atoms with Crippen molar-refractivity contribution < 1.29 is 9.57 Å². The minimum atomic E-state index is 0.420. The van der Waals surface area contributed by atoms with Crippen molar-refractivity contribution in [3.63, 3.8) is 0 Å². The Labute approximate surface area is 163 Å². The molecular formula is C24H33NO2. The molecule has 27 heavy (non-hydrogen) atoms. The molecule has 146 valence electrons. The lowest BCUT2D eigenvalue weighted by Gasteiger charge is -2.19. The van der Waals surface area contributed by atoms with E-state index in [-0.39, 0.29) is 0 Å². The van der Waals surface area contributed by atoms with E-state index in [2.05, 4.69) is 29.1 Å². The summed E-state index contributed by atoms with van der Waals surface area (Å²) < 4.78 is 5.91. The van der Waals surface area contributed by atoms with Crippen LogP contribution in [0.25, 0.3) is 0 Å². The number of hydrogen-bond acceptors (Lipinski definition) is 3. The third-order valence-electron chi connectivity index (χ3n) is 5.64. The molecule has 1 aliphatic carbocycles. The molecule has 0 bridgehead atoms. The van der Waals surface area contributed by atoms with Gasteiger partial charge in [0.25, 0.3) is 0 Å². The molecule has 0 radical (unpaired) electrons. The molecule has 0 heterocycles. The predicted octanol–water partition coefficient (Wildman–Crippen LogP) is 6.26. The quantitative estimate of drug-likeness (QED) is 0.612. The third-order valence-corrected chi connectivity index (χ3v) is 5.64. The monoisotopic (exact) mass is 367 g/mol. The molecule has 1 fully saturated rings. The van der Waals surface area contributed by atoms with Gasteiger partial charge in [-0.3, -0.25) is 4.84 Å². The minimum Gasteiger partial charge on any atom is -0.489 e. The van der Waals surface area contributed by atoms with Gasteiger partial charge >= 0.3 is 0 Å². The van der Waals surface area contributed by atoms with E-state index < -0.39 is 0 Å². The molecule has 1 saturated carbocycles. The molecule has 0 amide bonds. The Bertz CT molecular complexity index is 641. The van der Waals surface area contributed by atoms with Crippen LogP contribution < -0.4 is 10.6 Å². The van der Waals surface area contributed by atoms with Crippen LogP contribution in [-0.4, -0.2) is 0 Å². The van der Waals surface area contributed by atoms with Crippen molar-refractivity contribution in [3.05, 3.63) is 65.2 Å². The lowest BCUT2D eigenvalue weighted by Crippen LogP contribution is -2.02. The van der Waals surface area contributed by atoms with Crippen molar-refractivity contribution in [1.29, 1.82) is 0 Å². The Morgan fingerprint density at radius 3 is 1.78 bits per heavy atom. The molecule has 1 aliphatic rings.